The largest absolute Gasteiger partial charge is 0.396 e. The van der Waals surface area contributed by atoms with Crippen molar-refractivity contribution in [3.8, 4) is 0 Å². The Morgan fingerprint density at radius 2 is 1.89 bits per heavy atom. The quantitative estimate of drug-likeness (QED) is 0.185. The normalized spacial score (nSPS) is 11.4. The number of nitrogens with zero attached hydrogens (tertiary/aromatic N) is 3. The van der Waals surface area contributed by atoms with Crippen molar-refractivity contribution in [2.75, 3.05) is 19.8 Å². The number of carbonyl (C=O) groups is 2. The first-order valence-corrected chi connectivity index (χ1v) is 13.4. The number of unbranched alkanes of at least 4 members (excludes halogenated alkanes) is 1. The number of rotatable bonds is 15. The molecule has 1 atom stereocenters. The van der Waals surface area contributed by atoms with Gasteiger partial charge in [-0.3, -0.25) is 9.59 Å². The molecule has 0 spiro atoms. The fourth-order valence-electron chi connectivity index (χ4n) is 2.49. The molecule has 1 heterocycles. The summed E-state index contributed by atoms with van der Waals surface area (Å²) in [6, 6.07) is 0. The Morgan fingerprint density at radius 3 is 2.31 bits per heavy atom. The molecule has 1 unspecified atom stereocenters. The van der Waals surface area contributed by atoms with Crippen LogP contribution in [-0.2, 0) is 27.3 Å². The highest BCUT2D eigenvalue weighted by molar-refractivity contribution is 5.87. The topological polar surface area (TPSA) is 106 Å². The van der Waals surface area contributed by atoms with E-state index in [1.165, 1.54) is 13.0 Å². The Morgan fingerprint density at radius 1 is 1.25 bits per heavy atom. The molecule has 0 radical (unpaired) electrons. The Balaban J connectivity index is -0.000000638. The van der Waals surface area contributed by atoms with Crippen LogP contribution < -0.4 is 5.32 Å². The first-order valence-electron chi connectivity index (χ1n) is 13.4. The summed E-state index contributed by atoms with van der Waals surface area (Å²) in [7, 11) is 0. The van der Waals surface area contributed by atoms with Crippen LogP contribution >= 0.6 is 0 Å². The molecule has 0 saturated heterocycles. The van der Waals surface area contributed by atoms with E-state index in [9.17, 15) is 9.59 Å². The van der Waals surface area contributed by atoms with Crippen LogP contribution in [0.1, 0.15) is 101 Å². The highest BCUT2D eigenvalue weighted by atomic mass is 16.5. The highest BCUT2D eigenvalue weighted by Gasteiger charge is 2.20. The van der Waals surface area contributed by atoms with Gasteiger partial charge in [-0.25, -0.2) is 4.68 Å². The number of amides is 1. The Kier molecular flexibility index (Phi) is 27.8. The zero-order valence-electron chi connectivity index (χ0n) is 24.8. The molecule has 8 heteroatoms. The van der Waals surface area contributed by atoms with E-state index in [2.05, 4.69) is 50.2 Å². The molecular formula is C28H56N4O4. The number of hydrogen-bond donors (Lipinski definition) is 2. The summed E-state index contributed by atoms with van der Waals surface area (Å²) in [4.78, 5) is 20.1. The van der Waals surface area contributed by atoms with Gasteiger partial charge >= 0.3 is 0 Å². The third-order valence-electron chi connectivity index (χ3n) is 4.81. The second-order valence-electron chi connectivity index (χ2n) is 9.53. The predicted octanol–water partition coefficient (Wildman–Crippen LogP) is 5.39. The lowest BCUT2D eigenvalue weighted by Gasteiger charge is -2.25. The predicted molar refractivity (Wildman–Crippen MR) is 150 cm³/mol. The van der Waals surface area contributed by atoms with Gasteiger partial charge < -0.3 is 15.2 Å². The van der Waals surface area contributed by atoms with Gasteiger partial charge in [-0.15, -0.1) is 5.10 Å². The molecule has 0 bridgehead atoms. The fourth-order valence-corrected chi connectivity index (χ4v) is 2.49. The molecule has 1 aromatic rings. The summed E-state index contributed by atoms with van der Waals surface area (Å²) >= 11 is 0. The van der Waals surface area contributed by atoms with Gasteiger partial charge in [0.25, 0.3) is 0 Å². The zero-order valence-corrected chi connectivity index (χ0v) is 24.8. The molecule has 0 aliphatic rings. The molecule has 36 heavy (non-hydrogen) atoms. The second kappa shape index (κ2) is 26.0. The smallest absolute Gasteiger partial charge is 0.207 e. The maximum atomic E-state index is 10.1. The van der Waals surface area contributed by atoms with Crippen molar-refractivity contribution in [3.05, 3.63) is 24.0 Å². The highest BCUT2D eigenvalue weighted by Crippen LogP contribution is 2.14. The van der Waals surface area contributed by atoms with E-state index >= 15 is 0 Å². The van der Waals surface area contributed by atoms with Crippen LogP contribution in [-0.4, -0.2) is 57.7 Å². The lowest BCUT2D eigenvalue weighted by molar-refractivity contribution is -0.112. The molecule has 1 aromatic heterocycles. The average Bonchev–Trinajstić information content (AvgIpc) is 3.26. The van der Waals surface area contributed by atoms with Gasteiger partial charge in [0.05, 0.1) is 17.8 Å². The van der Waals surface area contributed by atoms with Crippen LogP contribution in [0.3, 0.4) is 0 Å². The first-order chi connectivity index (χ1) is 17.0. The van der Waals surface area contributed by atoms with Gasteiger partial charge in [-0.1, -0.05) is 59.3 Å². The van der Waals surface area contributed by atoms with E-state index in [0.29, 0.717) is 31.5 Å². The van der Waals surface area contributed by atoms with E-state index in [1.807, 2.05) is 38.6 Å². The Bertz CT molecular complexity index is 654. The average molecular weight is 513 g/mol. The first kappa shape index (κ1) is 38.5. The van der Waals surface area contributed by atoms with E-state index in [4.69, 9.17) is 9.84 Å². The SMILES string of the molecule is C/C=C/C(C)=O.CC.CC(C)CCOC(C)(C)Cn1cc(CCCCNC=O)nn1.CCC(C)CO. The minimum absolute atomic E-state index is 0.109. The maximum absolute atomic E-state index is 10.1. The summed E-state index contributed by atoms with van der Waals surface area (Å²) in [5, 5.41) is 19.4. The third-order valence-corrected chi connectivity index (χ3v) is 4.81. The van der Waals surface area contributed by atoms with Crippen molar-refractivity contribution in [3.63, 3.8) is 0 Å². The second-order valence-corrected chi connectivity index (χ2v) is 9.53. The van der Waals surface area contributed by atoms with Gasteiger partial charge in [-0.05, 0) is 71.3 Å². The molecule has 0 aromatic carbocycles. The van der Waals surface area contributed by atoms with E-state index < -0.39 is 0 Å². The van der Waals surface area contributed by atoms with Crippen molar-refractivity contribution in [1.82, 2.24) is 20.3 Å². The van der Waals surface area contributed by atoms with Crippen LogP contribution in [0, 0.1) is 11.8 Å². The minimum Gasteiger partial charge on any atom is -0.396 e. The summed E-state index contributed by atoms with van der Waals surface area (Å²) in [5.41, 5.74) is 0.748. The van der Waals surface area contributed by atoms with Crippen molar-refractivity contribution in [1.29, 1.82) is 0 Å². The number of aromatic nitrogens is 3. The molecule has 0 saturated carbocycles. The Labute approximate surface area is 221 Å². The van der Waals surface area contributed by atoms with Gasteiger partial charge in [-0.2, -0.15) is 0 Å². The van der Waals surface area contributed by atoms with Crippen molar-refractivity contribution in [2.24, 2.45) is 11.8 Å². The number of nitrogens with one attached hydrogen (secondary N) is 1. The maximum Gasteiger partial charge on any atom is 0.207 e. The molecule has 8 nitrogen and oxygen atoms in total. The van der Waals surface area contributed by atoms with Crippen LogP contribution in [0.5, 0.6) is 0 Å². The number of aryl methyl sites for hydroxylation is 1. The van der Waals surface area contributed by atoms with Gasteiger partial charge in [0.2, 0.25) is 6.41 Å². The molecule has 0 fully saturated rings. The number of carbonyl (C=O) groups excluding carboxylic acids is 2. The Hall–Kier alpha value is -2.06. The third kappa shape index (κ3) is 28.2. The van der Waals surface area contributed by atoms with Crippen molar-refractivity contribution >= 4 is 12.2 Å². The van der Waals surface area contributed by atoms with Gasteiger partial charge in [0, 0.05) is 26.0 Å². The van der Waals surface area contributed by atoms with Gasteiger partial charge in [0.1, 0.15) is 0 Å². The monoisotopic (exact) mass is 512 g/mol. The molecule has 0 aliphatic carbocycles. The molecule has 1 rings (SSSR count). The lowest BCUT2D eigenvalue weighted by Crippen LogP contribution is -2.31. The summed E-state index contributed by atoms with van der Waals surface area (Å²) < 4.78 is 7.80. The van der Waals surface area contributed by atoms with Gasteiger partial charge in [0.15, 0.2) is 5.78 Å². The number of ketones is 1. The number of aliphatic hydroxyl groups is 1. The standard InChI is InChI=1S/C16H30N4O2.C5H12O.C5H8O.C2H6/c1-14(2)8-10-22-16(3,4)12-20-11-15(18-19-20)7-5-6-9-17-13-21;1-3-5(2)4-6;1-3-4-5(2)6;1-2/h11,13-14H,5-10,12H2,1-4H3,(H,17,21);5-6H,3-4H2,1-2H3;3-4H,1-2H3;1-2H3/b;;4-3+;. The van der Waals surface area contributed by atoms with Crippen LogP contribution in [0.25, 0.3) is 0 Å². The molecular weight excluding hydrogens is 456 g/mol. The van der Waals surface area contributed by atoms with E-state index in [0.717, 1.165) is 50.8 Å². The number of allylic oxidation sites excluding steroid dienone is 2. The summed E-state index contributed by atoms with van der Waals surface area (Å²) in [6.07, 6.45) is 11.0. The molecule has 2 N–H and O–H groups in total. The fraction of sp³-hybridized carbons (Fsp3) is 0.786. The van der Waals surface area contributed by atoms with Crippen molar-refractivity contribution < 1.29 is 19.4 Å². The van der Waals surface area contributed by atoms with E-state index in [-0.39, 0.29) is 11.4 Å². The molecule has 212 valence electrons. The van der Waals surface area contributed by atoms with Crippen LogP contribution in [0.15, 0.2) is 18.3 Å². The lowest BCUT2D eigenvalue weighted by atomic mass is 10.1. The summed E-state index contributed by atoms with van der Waals surface area (Å²) in [6.45, 7) is 22.5. The number of ether oxygens (including phenoxy) is 1. The zero-order chi connectivity index (χ0) is 28.4. The number of aliphatic hydroxyl groups excluding tert-OH is 1. The van der Waals surface area contributed by atoms with E-state index in [1.54, 1.807) is 6.08 Å². The van der Waals surface area contributed by atoms with Crippen LogP contribution in [0.2, 0.25) is 0 Å². The summed E-state index contributed by atoms with van der Waals surface area (Å²) in [5.74, 6) is 1.25. The minimum atomic E-state index is -0.242. The molecule has 0 aliphatic heterocycles. The number of hydrogen-bond acceptors (Lipinski definition) is 6. The van der Waals surface area contributed by atoms with Crippen LogP contribution in [0.4, 0.5) is 0 Å². The molecule has 1 amide bonds. The van der Waals surface area contributed by atoms with Crippen molar-refractivity contribution in [2.45, 2.75) is 113 Å².